The van der Waals surface area contributed by atoms with E-state index in [9.17, 15) is 4.79 Å². The summed E-state index contributed by atoms with van der Waals surface area (Å²) in [4.78, 5) is 15.5. The van der Waals surface area contributed by atoms with E-state index >= 15 is 0 Å². The first-order valence-corrected chi connectivity index (χ1v) is 4.52. The first kappa shape index (κ1) is 9.40. The van der Waals surface area contributed by atoms with Crippen molar-refractivity contribution in [3.63, 3.8) is 0 Å². The van der Waals surface area contributed by atoms with Crippen LogP contribution < -0.4 is 0 Å². The third kappa shape index (κ3) is 2.40. The van der Waals surface area contributed by atoms with Crippen molar-refractivity contribution >= 4 is 11.9 Å². The van der Waals surface area contributed by atoms with Crippen molar-refractivity contribution in [1.29, 1.82) is 0 Å². The van der Waals surface area contributed by atoms with E-state index in [4.69, 9.17) is 4.42 Å². The number of hydrogen-bond donors (Lipinski definition) is 0. The van der Waals surface area contributed by atoms with E-state index in [2.05, 4.69) is 4.98 Å². The maximum Gasteiger partial charge on any atom is 0.185 e. The van der Waals surface area contributed by atoms with Crippen molar-refractivity contribution in [2.75, 3.05) is 0 Å². The van der Waals surface area contributed by atoms with E-state index in [0.717, 1.165) is 0 Å². The predicted octanol–water partition coefficient (Wildman–Crippen LogP) is 2.57. The molecule has 1 aromatic carbocycles. The van der Waals surface area contributed by atoms with Gasteiger partial charge in [-0.2, -0.15) is 0 Å². The molecule has 0 aliphatic carbocycles. The normalized spacial score (nSPS) is 10.7. The van der Waals surface area contributed by atoms with E-state index in [1.807, 2.05) is 18.2 Å². The molecule has 74 valence electrons. The van der Waals surface area contributed by atoms with Crippen LogP contribution in [0.5, 0.6) is 0 Å². The fourth-order valence-corrected chi connectivity index (χ4v) is 1.16. The summed E-state index contributed by atoms with van der Waals surface area (Å²) in [5.74, 6) is -0.0430. The molecule has 0 radical (unpaired) electrons. The number of carbonyl (C=O) groups is 1. The molecule has 0 unspecified atom stereocenters. The number of hydrogen-bond acceptors (Lipinski definition) is 3. The number of oxazole rings is 1. The molecule has 2 aromatic rings. The van der Waals surface area contributed by atoms with Crippen molar-refractivity contribution in [2.45, 2.75) is 0 Å². The Bertz CT molecular complexity index is 458. The van der Waals surface area contributed by atoms with Crippen LogP contribution in [0.3, 0.4) is 0 Å². The van der Waals surface area contributed by atoms with Crippen molar-refractivity contribution in [3.05, 3.63) is 60.3 Å². The van der Waals surface area contributed by atoms with Crippen LogP contribution in [0.4, 0.5) is 0 Å². The average molecular weight is 199 g/mol. The molecule has 0 bridgehead atoms. The summed E-state index contributed by atoms with van der Waals surface area (Å²) in [7, 11) is 0. The zero-order valence-corrected chi connectivity index (χ0v) is 7.96. The quantitative estimate of drug-likeness (QED) is 0.563. The summed E-state index contributed by atoms with van der Waals surface area (Å²) >= 11 is 0. The number of aromatic nitrogens is 1. The highest BCUT2D eigenvalue weighted by molar-refractivity contribution is 6.06. The SMILES string of the molecule is O=C(/C=C/c1cocn1)c1ccccc1. The molecular weight excluding hydrogens is 190 g/mol. The van der Waals surface area contributed by atoms with Crippen LogP contribution in [0.25, 0.3) is 6.08 Å². The third-order valence-electron chi connectivity index (χ3n) is 1.92. The van der Waals surface area contributed by atoms with Crippen molar-refractivity contribution in [2.24, 2.45) is 0 Å². The first-order valence-electron chi connectivity index (χ1n) is 4.52. The zero-order valence-electron chi connectivity index (χ0n) is 7.96. The summed E-state index contributed by atoms with van der Waals surface area (Å²) in [6, 6.07) is 9.08. The van der Waals surface area contributed by atoms with Gasteiger partial charge in [-0.1, -0.05) is 30.3 Å². The van der Waals surface area contributed by atoms with Crippen LogP contribution in [0.1, 0.15) is 16.1 Å². The Morgan fingerprint density at radius 3 is 2.73 bits per heavy atom. The molecule has 0 spiro atoms. The van der Waals surface area contributed by atoms with Crippen LogP contribution in [0.15, 0.2) is 53.5 Å². The number of benzene rings is 1. The number of allylic oxidation sites excluding steroid dienone is 1. The second kappa shape index (κ2) is 4.37. The third-order valence-corrected chi connectivity index (χ3v) is 1.92. The monoisotopic (exact) mass is 199 g/mol. The number of nitrogens with zero attached hydrogens (tertiary/aromatic N) is 1. The van der Waals surface area contributed by atoms with Gasteiger partial charge in [0.1, 0.15) is 12.0 Å². The molecule has 0 saturated heterocycles. The molecule has 0 fully saturated rings. The van der Waals surface area contributed by atoms with E-state index < -0.39 is 0 Å². The molecule has 3 heteroatoms. The van der Waals surface area contributed by atoms with Gasteiger partial charge in [0.15, 0.2) is 12.2 Å². The van der Waals surface area contributed by atoms with E-state index in [1.54, 1.807) is 18.2 Å². The molecule has 1 aromatic heterocycles. The molecule has 0 atom stereocenters. The van der Waals surface area contributed by atoms with E-state index in [0.29, 0.717) is 11.3 Å². The van der Waals surface area contributed by atoms with E-state index in [1.165, 1.54) is 18.7 Å². The minimum Gasteiger partial charge on any atom is -0.451 e. The van der Waals surface area contributed by atoms with Crippen molar-refractivity contribution in [1.82, 2.24) is 4.98 Å². The highest BCUT2D eigenvalue weighted by Gasteiger charge is 1.99. The predicted molar refractivity (Wildman–Crippen MR) is 56.3 cm³/mol. The Morgan fingerprint density at radius 1 is 1.27 bits per heavy atom. The molecular formula is C12H9NO2. The zero-order chi connectivity index (χ0) is 10.5. The van der Waals surface area contributed by atoms with Gasteiger partial charge < -0.3 is 4.42 Å². The summed E-state index contributed by atoms with van der Waals surface area (Å²) in [5, 5.41) is 0. The van der Waals surface area contributed by atoms with Crippen molar-refractivity contribution in [3.8, 4) is 0 Å². The van der Waals surface area contributed by atoms with Crippen LogP contribution >= 0.6 is 0 Å². The van der Waals surface area contributed by atoms with Gasteiger partial charge in [-0.3, -0.25) is 4.79 Å². The van der Waals surface area contributed by atoms with Gasteiger partial charge in [0.25, 0.3) is 0 Å². The fraction of sp³-hybridized carbons (Fsp3) is 0. The lowest BCUT2D eigenvalue weighted by molar-refractivity contribution is 0.104. The molecule has 0 N–H and O–H groups in total. The smallest absolute Gasteiger partial charge is 0.185 e. The standard InChI is InChI=1S/C12H9NO2/c14-12(10-4-2-1-3-5-10)7-6-11-8-15-9-13-11/h1-9H/b7-6+. The van der Waals surface area contributed by atoms with Gasteiger partial charge in [-0.05, 0) is 12.2 Å². The maximum absolute atomic E-state index is 11.6. The summed E-state index contributed by atoms with van der Waals surface area (Å²) in [5.41, 5.74) is 1.30. The Labute approximate surface area is 87.1 Å². The van der Waals surface area contributed by atoms with Gasteiger partial charge in [0, 0.05) is 5.56 Å². The van der Waals surface area contributed by atoms with Gasteiger partial charge in [0.05, 0.1) is 0 Å². The van der Waals surface area contributed by atoms with Crippen molar-refractivity contribution < 1.29 is 9.21 Å². The first-order chi connectivity index (χ1) is 7.36. The average Bonchev–Trinajstić information content (AvgIpc) is 2.80. The Hall–Kier alpha value is -2.16. The van der Waals surface area contributed by atoms with Crippen LogP contribution in [0.2, 0.25) is 0 Å². The number of carbonyl (C=O) groups excluding carboxylic acids is 1. The summed E-state index contributed by atoms with van der Waals surface area (Å²) < 4.78 is 4.78. The molecule has 2 rings (SSSR count). The van der Waals surface area contributed by atoms with Crippen LogP contribution in [-0.2, 0) is 0 Å². The second-order valence-corrected chi connectivity index (χ2v) is 2.98. The minimum absolute atomic E-state index is 0.0430. The maximum atomic E-state index is 11.6. The highest BCUT2D eigenvalue weighted by Crippen LogP contribution is 2.03. The van der Waals surface area contributed by atoms with Crippen LogP contribution in [0, 0.1) is 0 Å². The molecule has 0 amide bonds. The lowest BCUT2D eigenvalue weighted by atomic mass is 10.1. The van der Waals surface area contributed by atoms with Gasteiger partial charge >= 0.3 is 0 Å². The number of ketones is 1. The van der Waals surface area contributed by atoms with Gasteiger partial charge in [-0.15, -0.1) is 0 Å². The number of rotatable bonds is 3. The lowest BCUT2D eigenvalue weighted by Gasteiger charge is -1.92. The van der Waals surface area contributed by atoms with Crippen LogP contribution in [-0.4, -0.2) is 10.8 Å². The Kier molecular flexibility index (Phi) is 2.74. The molecule has 1 heterocycles. The molecule has 0 aliphatic rings. The molecule has 0 saturated carbocycles. The van der Waals surface area contributed by atoms with Gasteiger partial charge in [0.2, 0.25) is 0 Å². The Morgan fingerprint density at radius 2 is 2.07 bits per heavy atom. The highest BCUT2D eigenvalue weighted by atomic mass is 16.3. The largest absolute Gasteiger partial charge is 0.451 e. The summed E-state index contributed by atoms with van der Waals surface area (Å²) in [6.07, 6.45) is 5.91. The van der Waals surface area contributed by atoms with E-state index in [-0.39, 0.29) is 5.78 Å². The molecule has 15 heavy (non-hydrogen) atoms. The minimum atomic E-state index is -0.0430. The topological polar surface area (TPSA) is 43.1 Å². The summed E-state index contributed by atoms with van der Waals surface area (Å²) in [6.45, 7) is 0. The Balaban J connectivity index is 2.11. The lowest BCUT2D eigenvalue weighted by Crippen LogP contribution is -1.92. The molecule has 0 aliphatic heterocycles. The molecule has 3 nitrogen and oxygen atoms in total. The fourth-order valence-electron chi connectivity index (χ4n) is 1.16. The van der Waals surface area contributed by atoms with Gasteiger partial charge in [-0.25, -0.2) is 4.98 Å². The second-order valence-electron chi connectivity index (χ2n) is 2.98.